The average molecular weight is 253 g/mol. The summed E-state index contributed by atoms with van der Waals surface area (Å²) in [6.07, 6.45) is 0.959. The number of rotatable bonds is 7. The number of hydrogen-bond acceptors (Lipinski definition) is 5. The Kier molecular flexibility index (Phi) is 5.54. The second kappa shape index (κ2) is 6.93. The summed E-state index contributed by atoms with van der Waals surface area (Å²) >= 11 is 0. The van der Waals surface area contributed by atoms with Crippen LogP contribution in [0.1, 0.15) is 25.8 Å². The zero-order valence-corrected chi connectivity index (χ0v) is 10.7. The predicted molar refractivity (Wildman–Crippen MR) is 70.0 cm³/mol. The van der Waals surface area contributed by atoms with E-state index < -0.39 is 4.92 Å². The SMILES string of the molecule is CC(C)CCOCc1cccc([N+](=O)[O-])c1NN. The summed E-state index contributed by atoms with van der Waals surface area (Å²) in [6, 6.07) is 4.80. The van der Waals surface area contributed by atoms with Gasteiger partial charge in [-0.15, -0.1) is 0 Å². The Labute approximate surface area is 106 Å². The van der Waals surface area contributed by atoms with Gasteiger partial charge in [0.05, 0.1) is 11.5 Å². The molecule has 0 amide bonds. The van der Waals surface area contributed by atoms with Crippen molar-refractivity contribution < 1.29 is 9.66 Å². The van der Waals surface area contributed by atoms with Crippen LogP contribution in [0.3, 0.4) is 0 Å². The molecule has 0 spiro atoms. The zero-order valence-electron chi connectivity index (χ0n) is 10.7. The lowest BCUT2D eigenvalue weighted by atomic mass is 10.1. The first-order chi connectivity index (χ1) is 8.56. The van der Waals surface area contributed by atoms with Crippen LogP contribution in [-0.2, 0) is 11.3 Å². The van der Waals surface area contributed by atoms with Crippen LogP contribution in [0, 0.1) is 16.0 Å². The highest BCUT2D eigenvalue weighted by atomic mass is 16.6. The minimum absolute atomic E-state index is 0.0394. The molecule has 0 aromatic heterocycles. The van der Waals surface area contributed by atoms with E-state index in [-0.39, 0.29) is 5.69 Å². The lowest BCUT2D eigenvalue weighted by Gasteiger charge is -2.10. The lowest BCUT2D eigenvalue weighted by Crippen LogP contribution is -2.12. The number of para-hydroxylation sites is 1. The standard InChI is InChI=1S/C12H19N3O3/c1-9(2)6-7-18-8-10-4-3-5-11(15(16)17)12(10)14-13/h3-5,9,14H,6-8,13H2,1-2H3. The molecule has 0 bridgehead atoms. The van der Waals surface area contributed by atoms with Crippen LogP contribution in [0.5, 0.6) is 0 Å². The van der Waals surface area contributed by atoms with Crippen molar-refractivity contribution in [3.63, 3.8) is 0 Å². The van der Waals surface area contributed by atoms with Crippen LogP contribution in [0.2, 0.25) is 0 Å². The van der Waals surface area contributed by atoms with Gasteiger partial charge in [0.25, 0.3) is 5.69 Å². The predicted octanol–water partition coefficient (Wildman–Crippen LogP) is 2.44. The number of nitro groups is 1. The van der Waals surface area contributed by atoms with Gasteiger partial charge in [-0.05, 0) is 12.3 Å². The largest absolute Gasteiger partial charge is 0.377 e. The Balaban J connectivity index is 2.70. The molecule has 0 unspecified atom stereocenters. The van der Waals surface area contributed by atoms with Crippen molar-refractivity contribution >= 4 is 11.4 Å². The van der Waals surface area contributed by atoms with E-state index >= 15 is 0 Å². The molecule has 0 fully saturated rings. The van der Waals surface area contributed by atoms with Crippen LogP contribution in [-0.4, -0.2) is 11.5 Å². The number of nitro benzene ring substituents is 1. The molecular formula is C12H19N3O3. The summed E-state index contributed by atoms with van der Waals surface area (Å²) in [6.45, 7) is 5.17. The van der Waals surface area contributed by atoms with Gasteiger partial charge in [-0.25, -0.2) is 0 Å². The molecule has 100 valence electrons. The molecular weight excluding hydrogens is 234 g/mol. The van der Waals surface area contributed by atoms with Gasteiger partial charge < -0.3 is 10.2 Å². The number of nitrogens with one attached hydrogen (secondary N) is 1. The highest BCUT2D eigenvalue weighted by Gasteiger charge is 2.16. The zero-order chi connectivity index (χ0) is 13.5. The lowest BCUT2D eigenvalue weighted by molar-refractivity contribution is -0.384. The van der Waals surface area contributed by atoms with Crippen LogP contribution < -0.4 is 11.3 Å². The van der Waals surface area contributed by atoms with E-state index in [1.54, 1.807) is 12.1 Å². The summed E-state index contributed by atoms with van der Waals surface area (Å²) in [5.74, 6) is 5.90. The third-order valence-corrected chi connectivity index (χ3v) is 2.57. The normalized spacial score (nSPS) is 10.7. The molecule has 1 rings (SSSR count). The monoisotopic (exact) mass is 253 g/mol. The van der Waals surface area contributed by atoms with Crippen molar-refractivity contribution in [3.8, 4) is 0 Å². The molecule has 0 aliphatic rings. The number of ether oxygens (including phenoxy) is 1. The summed E-state index contributed by atoms with van der Waals surface area (Å²) in [5, 5.41) is 10.8. The fourth-order valence-corrected chi connectivity index (χ4v) is 1.53. The third-order valence-electron chi connectivity index (χ3n) is 2.57. The second-order valence-electron chi connectivity index (χ2n) is 4.45. The van der Waals surface area contributed by atoms with E-state index in [1.807, 2.05) is 0 Å². The Morgan fingerprint density at radius 2 is 2.22 bits per heavy atom. The Morgan fingerprint density at radius 3 is 2.78 bits per heavy atom. The van der Waals surface area contributed by atoms with Crippen molar-refractivity contribution in [1.82, 2.24) is 0 Å². The minimum Gasteiger partial charge on any atom is -0.377 e. The van der Waals surface area contributed by atoms with Gasteiger partial charge in [0.2, 0.25) is 0 Å². The Morgan fingerprint density at radius 1 is 1.50 bits per heavy atom. The highest BCUT2D eigenvalue weighted by Crippen LogP contribution is 2.27. The number of anilines is 1. The molecule has 0 aliphatic carbocycles. The number of hydrazine groups is 1. The number of hydrogen-bond donors (Lipinski definition) is 2. The van der Waals surface area contributed by atoms with Gasteiger partial charge in [0.1, 0.15) is 5.69 Å². The summed E-state index contributed by atoms with van der Waals surface area (Å²) < 4.78 is 5.49. The number of nitrogen functional groups attached to an aromatic ring is 1. The fraction of sp³-hybridized carbons (Fsp3) is 0.500. The topological polar surface area (TPSA) is 90.4 Å². The Hall–Kier alpha value is -1.66. The number of nitrogens with zero attached hydrogens (tertiary/aromatic N) is 1. The first-order valence-corrected chi connectivity index (χ1v) is 5.87. The number of benzene rings is 1. The van der Waals surface area contributed by atoms with Crippen LogP contribution in [0.15, 0.2) is 18.2 Å². The summed E-state index contributed by atoms with van der Waals surface area (Å²) in [7, 11) is 0. The van der Waals surface area contributed by atoms with Crippen molar-refractivity contribution in [2.24, 2.45) is 11.8 Å². The van der Waals surface area contributed by atoms with Gasteiger partial charge >= 0.3 is 0 Å². The molecule has 0 saturated carbocycles. The van der Waals surface area contributed by atoms with Crippen LogP contribution >= 0.6 is 0 Å². The van der Waals surface area contributed by atoms with Crippen molar-refractivity contribution in [3.05, 3.63) is 33.9 Å². The first kappa shape index (κ1) is 14.4. The first-order valence-electron chi connectivity index (χ1n) is 5.87. The maximum Gasteiger partial charge on any atom is 0.294 e. The van der Waals surface area contributed by atoms with Crippen molar-refractivity contribution in [2.45, 2.75) is 26.9 Å². The maximum absolute atomic E-state index is 10.8. The molecule has 0 atom stereocenters. The van der Waals surface area contributed by atoms with E-state index in [0.717, 1.165) is 6.42 Å². The van der Waals surface area contributed by atoms with Crippen LogP contribution in [0.4, 0.5) is 11.4 Å². The molecule has 0 radical (unpaired) electrons. The molecule has 18 heavy (non-hydrogen) atoms. The molecule has 1 aromatic carbocycles. The summed E-state index contributed by atoms with van der Waals surface area (Å²) in [4.78, 5) is 10.4. The van der Waals surface area contributed by atoms with Crippen LogP contribution in [0.25, 0.3) is 0 Å². The Bertz CT molecular complexity index is 408. The van der Waals surface area contributed by atoms with E-state index in [0.29, 0.717) is 30.4 Å². The van der Waals surface area contributed by atoms with Gasteiger partial charge in [0, 0.05) is 18.2 Å². The molecule has 6 heteroatoms. The fourth-order valence-electron chi connectivity index (χ4n) is 1.53. The van der Waals surface area contributed by atoms with Gasteiger partial charge in [-0.1, -0.05) is 26.0 Å². The molecule has 3 N–H and O–H groups in total. The average Bonchev–Trinajstić information content (AvgIpc) is 2.33. The van der Waals surface area contributed by atoms with Gasteiger partial charge in [-0.3, -0.25) is 16.0 Å². The maximum atomic E-state index is 10.8. The molecule has 1 aromatic rings. The van der Waals surface area contributed by atoms with E-state index in [9.17, 15) is 10.1 Å². The molecule has 0 heterocycles. The smallest absolute Gasteiger partial charge is 0.294 e. The second-order valence-corrected chi connectivity index (χ2v) is 4.45. The molecule has 0 saturated heterocycles. The van der Waals surface area contributed by atoms with Gasteiger partial charge in [-0.2, -0.15) is 0 Å². The van der Waals surface area contributed by atoms with Crippen molar-refractivity contribution in [1.29, 1.82) is 0 Å². The van der Waals surface area contributed by atoms with E-state index in [4.69, 9.17) is 10.6 Å². The molecule has 0 aliphatic heterocycles. The summed E-state index contributed by atoms with van der Waals surface area (Å²) in [5.41, 5.74) is 3.34. The number of nitrogens with two attached hydrogens (primary N) is 1. The van der Waals surface area contributed by atoms with Gasteiger partial charge in [0.15, 0.2) is 0 Å². The quantitative estimate of drug-likeness (QED) is 0.337. The van der Waals surface area contributed by atoms with Crippen molar-refractivity contribution in [2.75, 3.05) is 12.0 Å². The highest BCUT2D eigenvalue weighted by molar-refractivity contribution is 5.65. The minimum atomic E-state index is -0.465. The third kappa shape index (κ3) is 3.97. The van der Waals surface area contributed by atoms with E-state index in [1.165, 1.54) is 6.07 Å². The van der Waals surface area contributed by atoms with E-state index in [2.05, 4.69) is 19.3 Å². The molecule has 6 nitrogen and oxygen atoms in total.